The maximum atomic E-state index is 12.6. The van der Waals surface area contributed by atoms with Crippen molar-refractivity contribution < 1.29 is 19.4 Å². The summed E-state index contributed by atoms with van der Waals surface area (Å²) in [5, 5.41) is 12.6. The Hall–Kier alpha value is -2.08. The maximum absolute atomic E-state index is 12.6. The molecule has 1 saturated heterocycles. The van der Waals surface area contributed by atoms with Gasteiger partial charge in [-0.1, -0.05) is 12.1 Å². The molecular weight excluding hydrogens is 332 g/mol. The molecular formula is C20H28N2O4. The van der Waals surface area contributed by atoms with E-state index in [1.165, 1.54) is 0 Å². The Morgan fingerprint density at radius 2 is 1.96 bits per heavy atom. The number of carbonyl (C=O) groups excluding carboxylic acids is 2. The first-order chi connectivity index (χ1) is 12.6. The first-order valence-electron chi connectivity index (χ1n) is 9.42. The Morgan fingerprint density at radius 1 is 1.23 bits per heavy atom. The van der Waals surface area contributed by atoms with E-state index in [9.17, 15) is 14.7 Å². The van der Waals surface area contributed by atoms with Crippen LogP contribution in [0.25, 0.3) is 0 Å². The van der Waals surface area contributed by atoms with Gasteiger partial charge in [0.05, 0.1) is 13.2 Å². The van der Waals surface area contributed by atoms with Crippen LogP contribution in [0.1, 0.15) is 31.2 Å². The number of likely N-dealkylation sites (tertiary alicyclic amines) is 1. The summed E-state index contributed by atoms with van der Waals surface area (Å²) in [7, 11) is 1.63. The van der Waals surface area contributed by atoms with E-state index in [1.54, 1.807) is 7.11 Å². The highest BCUT2D eigenvalue weighted by Gasteiger charge is 2.36. The zero-order valence-corrected chi connectivity index (χ0v) is 15.3. The van der Waals surface area contributed by atoms with Crippen LogP contribution in [0.4, 0.5) is 0 Å². The lowest BCUT2D eigenvalue weighted by atomic mass is 9.91. The third-order valence-electron chi connectivity index (χ3n) is 5.41. The molecule has 0 unspecified atom stereocenters. The lowest BCUT2D eigenvalue weighted by Crippen LogP contribution is -2.55. The van der Waals surface area contributed by atoms with Crippen molar-refractivity contribution in [3.05, 3.63) is 29.8 Å². The molecule has 6 nitrogen and oxygen atoms in total. The summed E-state index contributed by atoms with van der Waals surface area (Å²) in [6.07, 6.45) is 3.75. The normalized spacial score (nSPS) is 22.8. The summed E-state index contributed by atoms with van der Waals surface area (Å²) >= 11 is 0. The number of hydrogen-bond acceptors (Lipinski definition) is 4. The molecule has 2 atom stereocenters. The molecule has 142 valence electrons. The standard InChI is InChI=1S/C20H28N2O4/c1-26-17-7-2-14(3-8-17)4-9-19(24)22-11-10-16(13-23)18(12-22)21-20(25)15-5-6-15/h2-3,7-8,15-16,18,23H,4-6,9-13H2,1H3,(H,21,25)/t16-,18-/m1/s1. The first kappa shape index (κ1) is 18.7. The minimum Gasteiger partial charge on any atom is -0.497 e. The Morgan fingerprint density at radius 3 is 2.58 bits per heavy atom. The molecule has 0 bridgehead atoms. The van der Waals surface area contributed by atoms with E-state index in [-0.39, 0.29) is 36.3 Å². The lowest BCUT2D eigenvalue weighted by Gasteiger charge is -2.38. The Bertz CT molecular complexity index is 627. The van der Waals surface area contributed by atoms with Gasteiger partial charge in [0.25, 0.3) is 0 Å². The highest BCUT2D eigenvalue weighted by Crippen LogP contribution is 2.29. The average molecular weight is 360 g/mol. The van der Waals surface area contributed by atoms with Crippen molar-refractivity contribution in [2.24, 2.45) is 11.8 Å². The lowest BCUT2D eigenvalue weighted by molar-refractivity contribution is -0.135. The van der Waals surface area contributed by atoms with Crippen LogP contribution in [0.3, 0.4) is 0 Å². The Balaban J connectivity index is 1.51. The molecule has 1 aliphatic carbocycles. The summed E-state index contributed by atoms with van der Waals surface area (Å²) in [5.41, 5.74) is 1.10. The van der Waals surface area contributed by atoms with Gasteiger partial charge >= 0.3 is 0 Å². The van der Waals surface area contributed by atoms with Crippen molar-refractivity contribution in [1.82, 2.24) is 10.2 Å². The number of hydrogen-bond donors (Lipinski definition) is 2. The quantitative estimate of drug-likeness (QED) is 0.770. The minimum atomic E-state index is -0.146. The molecule has 6 heteroatoms. The molecule has 1 aromatic carbocycles. The largest absolute Gasteiger partial charge is 0.497 e. The monoisotopic (exact) mass is 360 g/mol. The molecule has 2 fully saturated rings. The molecule has 1 saturated carbocycles. The third-order valence-corrected chi connectivity index (χ3v) is 5.41. The van der Waals surface area contributed by atoms with Gasteiger partial charge in [-0.05, 0) is 43.4 Å². The minimum absolute atomic E-state index is 0.0309. The molecule has 26 heavy (non-hydrogen) atoms. The fraction of sp³-hybridized carbons (Fsp3) is 0.600. The topological polar surface area (TPSA) is 78.9 Å². The number of aryl methyl sites for hydroxylation is 1. The van der Waals surface area contributed by atoms with Gasteiger partial charge in [0.15, 0.2) is 0 Å². The molecule has 2 amide bonds. The summed E-state index contributed by atoms with van der Waals surface area (Å²) < 4.78 is 5.15. The molecule has 1 aromatic rings. The first-order valence-corrected chi connectivity index (χ1v) is 9.42. The van der Waals surface area contributed by atoms with Crippen molar-refractivity contribution in [2.45, 2.75) is 38.1 Å². The van der Waals surface area contributed by atoms with Crippen molar-refractivity contribution in [1.29, 1.82) is 0 Å². The van der Waals surface area contributed by atoms with Crippen LogP contribution in [0.5, 0.6) is 5.75 Å². The van der Waals surface area contributed by atoms with Crippen LogP contribution in [0, 0.1) is 11.8 Å². The molecule has 3 rings (SSSR count). The molecule has 2 N–H and O–H groups in total. The number of aliphatic hydroxyl groups excluding tert-OH is 1. The second-order valence-electron chi connectivity index (χ2n) is 7.31. The van der Waals surface area contributed by atoms with Gasteiger partial charge in [0, 0.05) is 38.0 Å². The zero-order chi connectivity index (χ0) is 18.5. The van der Waals surface area contributed by atoms with Crippen LogP contribution in [-0.2, 0) is 16.0 Å². The maximum Gasteiger partial charge on any atom is 0.223 e. The highest BCUT2D eigenvalue weighted by molar-refractivity contribution is 5.81. The number of aliphatic hydroxyl groups is 1. The molecule has 1 aliphatic heterocycles. The van der Waals surface area contributed by atoms with Crippen LogP contribution >= 0.6 is 0 Å². The summed E-state index contributed by atoms with van der Waals surface area (Å²) in [6.45, 7) is 1.18. The average Bonchev–Trinajstić information content (AvgIpc) is 3.51. The number of piperidine rings is 1. The summed E-state index contributed by atoms with van der Waals surface area (Å²) in [4.78, 5) is 26.5. The van der Waals surface area contributed by atoms with Gasteiger partial charge in [0.1, 0.15) is 5.75 Å². The fourth-order valence-corrected chi connectivity index (χ4v) is 3.46. The number of ether oxygens (including phenoxy) is 1. The SMILES string of the molecule is COc1ccc(CCC(=O)N2CC[C@H](CO)[C@H](NC(=O)C3CC3)C2)cc1. The summed E-state index contributed by atoms with van der Waals surface area (Å²) in [5.74, 6) is 1.14. The predicted octanol–water partition coefficient (Wildman–Crippen LogP) is 1.36. The molecule has 1 heterocycles. The van der Waals surface area contributed by atoms with E-state index in [0.717, 1.165) is 30.6 Å². The molecule has 0 radical (unpaired) electrons. The third kappa shape index (κ3) is 4.75. The molecule has 0 aromatic heterocycles. The number of rotatable bonds is 7. The van der Waals surface area contributed by atoms with E-state index >= 15 is 0 Å². The zero-order valence-electron chi connectivity index (χ0n) is 15.3. The van der Waals surface area contributed by atoms with Gasteiger partial charge in [-0.3, -0.25) is 9.59 Å². The second kappa shape index (κ2) is 8.54. The smallest absolute Gasteiger partial charge is 0.223 e. The number of benzene rings is 1. The van der Waals surface area contributed by atoms with Gasteiger partial charge in [0.2, 0.25) is 11.8 Å². The summed E-state index contributed by atoms with van der Waals surface area (Å²) in [6, 6.07) is 7.60. The van der Waals surface area contributed by atoms with Crippen LogP contribution in [0.15, 0.2) is 24.3 Å². The fourth-order valence-electron chi connectivity index (χ4n) is 3.46. The van der Waals surface area contributed by atoms with Gasteiger partial charge in [-0.15, -0.1) is 0 Å². The van der Waals surface area contributed by atoms with Gasteiger partial charge in [-0.2, -0.15) is 0 Å². The highest BCUT2D eigenvalue weighted by atomic mass is 16.5. The van der Waals surface area contributed by atoms with E-state index in [2.05, 4.69) is 5.32 Å². The number of carbonyl (C=O) groups is 2. The second-order valence-corrected chi connectivity index (χ2v) is 7.31. The van der Waals surface area contributed by atoms with Gasteiger partial charge in [-0.25, -0.2) is 0 Å². The number of methoxy groups -OCH3 is 1. The Labute approximate surface area is 154 Å². The van der Waals surface area contributed by atoms with Crippen LogP contribution in [-0.4, -0.2) is 54.7 Å². The van der Waals surface area contributed by atoms with E-state index in [0.29, 0.717) is 25.9 Å². The number of amides is 2. The van der Waals surface area contributed by atoms with E-state index < -0.39 is 0 Å². The van der Waals surface area contributed by atoms with Crippen LogP contribution in [0.2, 0.25) is 0 Å². The van der Waals surface area contributed by atoms with Crippen molar-refractivity contribution >= 4 is 11.8 Å². The van der Waals surface area contributed by atoms with Crippen LogP contribution < -0.4 is 10.1 Å². The van der Waals surface area contributed by atoms with Crippen molar-refractivity contribution in [3.8, 4) is 5.75 Å². The van der Waals surface area contributed by atoms with E-state index in [1.807, 2.05) is 29.2 Å². The van der Waals surface area contributed by atoms with Gasteiger partial charge < -0.3 is 20.1 Å². The number of nitrogens with one attached hydrogen (secondary N) is 1. The van der Waals surface area contributed by atoms with Crippen molar-refractivity contribution in [3.63, 3.8) is 0 Å². The van der Waals surface area contributed by atoms with Crippen molar-refractivity contribution in [2.75, 3.05) is 26.8 Å². The Kier molecular flexibility index (Phi) is 6.14. The predicted molar refractivity (Wildman–Crippen MR) is 97.7 cm³/mol. The van der Waals surface area contributed by atoms with E-state index in [4.69, 9.17) is 4.74 Å². The number of nitrogens with zero attached hydrogens (tertiary/aromatic N) is 1. The molecule has 0 spiro atoms. The molecule has 2 aliphatic rings.